The van der Waals surface area contributed by atoms with E-state index in [1.165, 1.54) is 30.8 Å². The number of halogens is 3. The number of carbonyl (C=O) groups excluding carboxylic acids is 2. The van der Waals surface area contributed by atoms with Crippen LogP contribution in [0, 0.1) is 17.2 Å². The minimum atomic E-state index is -0.852. The fourth-order valence-corrected chi connectivity index (χ4v) is 2.39. The van der Waals surface area contributed by atoms with E-state index in [1.54, 1.807) is 6.07 Å². The zero-order chi connectivity index (χ0) is 18.0. The molecule has 0 aliphatic heterocycles. The molecule has 0 spiro atoms. The molecule has 0 fully saturated rings. The maximum atomic E-state index is 12.0. The number of nitrogens with one attached hydrogen (secondary N) is 1. The van der Waals surface area contributed by atoms with E-state index in [9.17, 15) is 14.9 Å². The molecule has 1 aromatic carbocycles. The Kier molecular flexibility index (Phi) is 5.50. The summed E-state index contributed by atoms with van der Waals surface area (Å²) in [5, 5.41) is 16.4. The second-order valence-corrected chi connectivity index (χ2v) is 6.13. The first kappa shape index (κ1) is 18.3. The molecule has 1 amide bonds. The molecule has 0 aliphatic rings. The molecule has 0 saturated heterocycles. The Labute approximate surface area is 152 Å². The van der Waals surface area contributed by atoms with Crippen molar-refractivity contribution in [3.8, 4) is 11.8 Å². The number of amides is 1. The molecular formula is C15H11Cl3N4O2. The van der Waals surface area contributed by atoms with Gasteiger partial charge in [-0.3, -0.25) is 9.59 Å². The van der Waals surface area contributed by atoms with Gasteiger partial charge in [-0.15, -0.1) is 5.10 Å². The first-order valence-electron chi connectivity index (χ1n) is 6.71. The lowest BCUT2D eigenvalue weighted by Crippen LogP contribution is -2.26. The van der Waals surface area contributed by atoms with Gasteiger partial charge in [0, 0.05) is 0 Å². The van der Waals surface area contributed by atoms with Crippen molar-refractivity contribution in [2.24, 2.45) is 5.92 Å². The fourth-order valence-electron chi connectivity index (χ4n) is 1.77. The minimum Gasteiger partial charge on any atom is -0.307 e. The van der Waals surface area contributed by atoms with Crippen LogP contribution in [0.5, 0.6) is 0 Å². The summed E-state index contributed by atoms with van der Waals surface area (Å²) >= 11 is 18.0. The molecule has 9 heteroatoms. The molecule has 0 saturated carbocycles. The number of hydrogen-bond acceptors (Lipinski definition) is 4. The molecule has 6 nitrogen and oxygen atoms in total. The second-order valence-electron chi connectivity index (χ2n) is 4.96. The minimum absolute atomic E-state index is 0.0257. The Bertz CT molecular complexity index is 870. The zero-order valence-corrected chi connectivity index (χ0v) is 14.9. The number of hydrogen-bond donors (Lipinski definition) is 1. The molecular weight excluding hydrogens is 375 g/mol. The van der Waals surface area contributed by atoms with Crippen molar-refractivity contribution in [2.75, 3.05) is 5.32 Å². The van der Waals surface area contributed by atoms with Crippen LogP contribution in [-0.2, 0) is 9.59 Å². The zero-order valence-electron chi connectivity index (χ0n) is 12.6. The summed E-state index contributed by atoms with van der Waals surface area (Å²) in [5.41, 5.74) is 0.504. The molecule has 0 radical (unpaired) electrons. The molecule has 2 rings (SSSR count). The lowest BCUT2D eigenvalue weighted by atomic mass is 10.1. The van der Waals surface area contributed by atoms with Gasteiger partial charge in [-0.1, -0.05) is 34.8 Å². The molecule has 0 bridgehead atoms. The standard InChI is InChI=1S/C15H11Cl3N4O2/c1-7(8(2)23)15(24)20-14-9(5-19)6-22(21-14)11-4-3-10(16)12(17)13(11)18/h3-4,6-7H,1-2H3,(H,20,21,24). The van der Waals surface area contributed by atoms with Crippen LogP contribution in [0.25, 0.3) is 5.69 Å². The van der Waals surface area contributed by atoms with Gasteiger partial charge in [-0.25, -0.2) is 4.68 Å². The third-order valence-corrected chi connectivity index (χ3v) is 4.62. The molecule has 1 aromatic heterocycles. The van der Waals surface area contributed by atoms with Gasteiger partial charge in [-0.2, -0.15) is 5.26 Å². The summed E-state index contributed by atoms with van der Waals surface area (Å²) in [6.07, 6.45) is 1.39. The van der Waals surface area contributed by atoms with Gasteiger partial charge < -0.3 is 5.32 Å². The van der Waals surface area contributed by atoms with E-state index in [0.717, 1.165) is 0 Å². The number of carbonyl (C=O) groups is 2. The summed E-state index contributed by atoms with van der Waals surface area (Å²) in [6.45, 7) is 2.78. The van der Waals surface area contributed by atoms with E-state index in [2.05, 4.69) is 10.4 Å². The number of rotatable bonds is 4. The van der Waals surface area contributed by atoms with Crippen molar-refractivity contribution in [3.05, 3.63) is 39.0 Å². The molecule has 24 heavy (non-hydrogen) atoms. The molecule has 0 aliphatic carbocycles. The number of nitrogens with zero attached hydrogens (tertiary/aromatic N) is 3. The Morgan fingerprint density at radius 2 is 1.96 bits per heavy atom. The third-order valence-electron chi connectivity index (χ3n) is 3.34. The van der Waals surface area contributed by atoms with E-state index in [-0.39, 0.29) is 32.2 Å². The van der Waals surface area contributed by atoms with E-state index < -0.39 is 11.8 Å². The summed E-state index contributed by atoms with van der Waals surface area (Å²) in [4.78, 5) is 23.3. The summed E-state index contributed by atoms with van der Waals surface area (Å²) in [6, 6.07) is 5.03. The number of ketones is 1. The van der Waals surface area contributed by atoms with Crippen molar-refractivity contribution in [3.63, 3.8) is 0 Å². The van der Waals surface area contributed by atoms with Gasteiger partial charge in [0.15, 0.2) is 5.82 Å². The van der Waals surface area contributed by atoms with Crippen LogP contribution in [0.1, 0.15) is 19.4 Å². The molecule has 1 unspecified atom stereocenters. The van der Waals surface area contributed by atoms with Gasteiger partial charge in [0.2, 0.25) is 5.91 Å². The van der Waals surface area contributed by atoms with Gasteiger partial charge >= 0.3 is 0 Å². The van der Waals surface area contributed by atoms with Gasteiger partial charge in [0.05, 0.1) is 32.9 Å². The monoisotopic (exact) mass is 384 g/mol. The summed E-state index contributed by atoms with van der Waals surface area (Å²) < 4.78 is 1.30. The van der Waals surface area contributed by atoms with Gasteiger partial charge in [-0.05, 0) is 26.0 Å². The highest BCUT2D eigenvalue weighted by Gasteiger charge is 2.21. The number of aromatic nitrogens is 2. The molecule has 1 heterocycles. The average molecular weight is 386 g/mol. The SMILES string of the molecule is CC(=O)C(C)C(=O)Nc1nn(-c2ccc(Cl)c(Cl)c2Cl)cc1C#N. The van der Waals surface area contributed by atoms with Crippen molar-refractivity contribution < 1.29 is 9.59 Å². The molecule has 1 N–H and O–H groups in total. The lowest BCUT2D eigenvalue weighted by Gasteiger charge is -2.08. The largest absolute Gasteiger partial charge is 0.307 e. The van der Waals surface area contributed by atoms with E-state index in [1.807, 2.05) is 6.07 Å². The van der Waals surface area contributed by atoms with Crippen LogP contribution >= 0.6 is 34.8 Å². The molecule has 2 aromatic rings. The maximum absolute atomic E-state index is 12.0. The van der Waals surface area contributed by atoms with Crippen LogP contribution < -0.4 is 5.32 Å². The predicted molar refractivity (Wildman–Crippen MR) is 91.8 cm³/mol. The van der Waals surface area contributed by atoms with Crippen LogP contribution in [-0.4, -0.2) is 21.5 Å². The van der Waals surface area contributed by atoms with E-state index in [4.69, 9.17) is 34.8 Å². The number of Topliss-reactive ketones (excluding diaryl/α,β-unsaturated/α-hetero) is 1. The number of anilines is 1. The smallest absolute Gasteiger partial charge is 0.235 e. The summed E-state index contributed by atoms with van der Waals surface area (Å²) in [5.74, 6) is -1.67. The normalized spacial score (nSPS) is 11.7. The Morgan fingerprint density at radius 3 is 2.54 bits per heavy atom. The molecule has 1 atom stereocenters. The predicted octanol–water partition coefficient (Wildman–Crippen LogP) is 3.87. The van der Waals surface area contributed by atoms with E-state index in [0.29, 0.717) is 5.69 Å². The first-order valence-corrected chi connectivity index (χ1v) is 7.84. The highest BCUT2D eigenvalue weighted by atomic mass is 35.5. The average Bonchev–Trinajstić information content (AvgIpc) is 2.94. The van der Waals surface area contributed by atoms with Gasteiger partial charge in [0.25, 0.3) is 0 Å². The number of nitriles is 1. The second kappa shape index (κ2) is 7.22. The summed E-state index contributed by atoms with van der Waals surface area (Å²) in [7, 11) is 0. The van der Waals surface area contributed by atoms with Crippen molar-refractivity contribution in [1.82, 2.24) is 9.78 Å². The Morgan fingerprint density at radius 1 is 1.29 bits per heavy atom. The Balaban J connectivity index is 2.42. The van der Waals surface area contributed by atoms with E-state index >= 15 is 0 Å². The van der Waals surface area contributed by atoms with Crippen molar-refractivity contribution in [1.29, 1.82) is 5.26 Å². The van der Waals surface area contributed by atoms with Gasteiger partial charge in [0.1, 0.15) is 17.4 Å². The maximum Gasteiger partial charge on any atom is 0.235 e. The van der Waals surface area contributed by atoms with Crippen molar-refractivity contribution in [2.45, 2.75) is 13.8 Å². The van der Waals surface area contributed by atoms with Crippen LogP contribution in [0.2, 0.25) is 15.1 Å². The fraction of sp³-hybridized carbons (Fsp3) is 0.200. The van der Waals surface area contributed by atoms with Crippen molar-refractivity contribution >= 4 is 52.3 Å². The van der Waals surface area contributed by atoms with Crippen LogP contribution in [0.3, 0.4) is 0 Å². The first-order chi connectivity index (χ1) is 11.3. The van der Waals surface area contributed by atoms with Crippen LogP contribution in [0.15, 0.2) is 18.3 Å². The quantitative estimate of drug-likeness (QED) is 0.639. The van der Waals surface area contributed by atoms with Crippen LogP contribution in [0.4, 0.5) is 5.82 Å². The Hall–Kier alpha value is -2.07. The third kappa shape index (κ3) is 3.54. The topological polar surface area (TPSA) is 87.8 Å². The number of benzene rings is 1. The lowest BCUT2D eigenvalue weighted by molar-refractivity contribution is -0.129. The highest BCUT2D eigenvalue weighted by molar-refractivity contribution is 6.48. The highest BCUT2D eigenvalue weighted by Crippen LogP contribution is 2.34. The molecule has 124 valence electrons.